The molecule has 0 spiro atoms. The molecule has 1 aromatic heterocycles. The van der Waals surface area contributed by atoms with Crippen molar-refractivity contribution >= 4 is 16.7 Å². The van der Waals surface area contributed by atoms with E-state index >= 15 is 0 Å². The minimum absolute atomic E-state index is 0.0394. The number of nitrogens with zero attached hydrogens (tertiary/aromatic N) is 1. The molecule has 0 bridgehead atoms. The van der Waals surface area contributed by atoms with Gasteiger partial charge >= 0.3 is 0 Å². The van der Waals surface area contributed by atoms with Crippen LogP contribution >= 0.6 is 0 Å². The molecule has 0 radical (unpaired) electrons. The van der Waals surface area contributed by atoms with Crippen LogP contribution in [-0.2, 0) is 0 Å². The second-order valence-electron chi connectivity index (χ2n) is 4.01. The Kier molecular flexibility index (Phi) is 2.71. The van der Waals surface area contributed by atoms with E-state index in [9.17, 15) is 4.79 Å². The predicted octanol–water partition coefficient (Wildman–Crippen LogP) is 2.07. The third-order valence-electron chi connectivity index (χ3n) is 2.53. The van der Waals surface area contributed by atoms with Crippen LogP contribution < -0.4 is 5.73 Å². The van der Waals surface area contributed by atoms with Crippen molar-refractivity contribution in [2.24, 2.45) is 5.73 Å². The van der Waals surface area contributed by atoms with Gasteiger partial charge in [-0.15, -0.1) is 0 Å². The number of Topliss-reactive ketones (excluding diaryl/α,β-unsaturated/α-hetero) is 1. The second kappa shape index (κ2) is 4.02. The predicted molar refractivity (Wildman–Crippen MR) is 64.5 cm³/mol. The van der Waals surface area contributed by atoms with E-state index in [4.69, 9.17) is 5.73 Å². The number of aromatic nitrogens is 1. The summed E-state index contributed by atoms with van der Waals surface area (Å²) < 4.78 is 0. The number of hydrogen-bond donors (Lipinski definition) is 1. The molecule has 0 saturated heterocycles. The van der Waals surface area contributed by atoms with Crippen LogP contribution in [0, 0.1) is 6.92 Å². The summed E-state index contributed by atoms with van der Waals surface area (Å²) in [6.07, 6.45) is 0. The van der Waals surface area contributed by atoms with E-state index < -0.39 is 6.04 Å². The third-order valence-corrected chi connectivity index (χ3v) is 2.53. The molecule has 2 aromatic rings. The van der Waals surface area contributed by atoms with Crippen molar-refractivity contribution in [2.75, 3.05) is 0 Å². The van der Waals surface area contributed by atoms with Crippen molar-refractivity contribution in [1.82, 2.24) is 4.98 Å². The number of carbonyl (C=O) groups is 1. The number of pyridine rings is 1. The number of rotatable bonds is 2. The molecule has 3 nitrogen and oxygen atoms in total. The largest absolute Gasteiger partial charge is 0.321 e. The zero-order valence-corrected chi connectivity index (χ0v) is 9.40. The molecular weight excluding hydrogens is 200 g/mol. The average Bonchev–Trinajstić information content (AvgIpc) is 2.27. The molecule has 0 fully saturated rings. The molecule has 2 rings (SSSR count). The minimum Gasteiger partial charge on any atom is -0.321 e. The normalized spacial score (nSPS) is 12.7. The molecule has 0 amide bonds. The number of carbonyl (C=O) groups excluding carboxylic acids is 1. The Balaban J connectivity index is 2.52. The summed E-state index contributed by atoms with van der Waals surface area (Å²) in [4.78, 5) is 16.1. The molecule has 0 aliphatic rings. The van der Waals surface area contributed by atoms with Gasteiger partial charge in [-0.25, -0.2) is 0 Å². The highest BCUT2D eigenvalue weighted by atomic mass is 16.1. The van der Waals surface area contributed by atoms with E-state index in [0.29, 0.717) is 5.56 Å². The maximum absolute atomic E-state index is 11.7. The summed E-state index contributed by atoms with van der Waals surface area (Å²) >= 11 is 0. The van der Waals surface area contributed by atoms with Crippen LogP contribution in [0.2, 0.25) is 0 Å². The van der Waals surface area contributed by atoms with E-state index in [0.717, 1.165) is 16.6 Å². The van der Waals surface area contributed by atoms with Gasteiger partial charge in [0, 0.05) is 16.6 Å². The van der Waals surface area contributed by atoms with Crippen LogP contribution in [0.4, 0.5) is 0 Å². The highest BCUT2D eigenvalue weighted by Crippen LogP contribution is 2.15. The molecule has 0 saturated carbocycles. The lowest BCUT2D eigenvalue weighted by Gasteiger charge is -2.05. The van der Waals surface area contributed by atoms with Gasteiger partial charge in [-0.3, -0.25) is 9.78 Å². The first-order valence-corrected chi connectivity index (χ1v) is 5.25. The first-order valence-electron chi connectivity index (χ1n) is 5.25. The van der Waals surface area contributed by atoms with Gasteiger partial charge < -0.3 is 5.73 Å². The highest BCUT2D eigenvalue weighted by Gasteiger charge is 2.11. The van der Waals surface area contributed by atoms with E-state index in [-0.39, 0.29) is 5.78 Å². The van der Waals surface area contributed by atoms with Crippen molar-refractivity contribution in [3.05, 3.63) is 41.6 Å². The van der Waals surface area contributed by atoms with Crippen LogP contribution in [-0.4, -0.2) is 16.8 Å². The van der Waals surface area contributed by atoms with Crippen molar-refractivity contribution in [3.8, 4) is 0 Å². The smallest absolute Gasteiger partial charge is 0.179 e. The molecule has 3 heteroatoms. The quantitative estimate of drug-likeness (QED) is 0.778. The van der Waals surface area contributed by atoms with Crippen molar-refractivity contribution in [3.63, 3.8) is 0 Å². The summed E-state index contributed by atoms with van der Waals surface area (Å²) in [7, 11) is 0. The van der Waals surface area contributed by atoms with E-state index in [1.165, 1.54) is 0 Å². The highest BCUT2D eigenvalue weighted by molar-refractivity contribution is 6.02. The average molecular weight is 214 g/mol. The molecule has 1 unspecified atom stereocenters. The lowest BCUT2D eigenvalue weighted by atomic mass is 10.0. The topological polar surface area (TPSA) is 56.0 Å². The van der Waals surface area contributed by atoms with Crippen molar-refractivity contribution < 1.29 is 4.79 Å². The van der Waals surface area contributed by atoms with Crippen molar-refractivity contribution in [1.29, 1.82) is 0 Å². The lowest BCUT2D eigenvalue weighted by Crippen LogP contribution is -2.26. The van der Waals surface area contributed by atoms with Gasteiger partial charge in [0.05, 0.1) is 11.6 Å². The lowest BCUT2D eigenvalue weighted by molar-refractivity contribution is 0.0968. The number of ketones is 1. The first kappa shape index (κ1) is 10.8. The summed E-state index contributed by atoms with van der Waals surface area (Å²) in [5.74, 6) is -0.0394. The molecule has 82 valence electrons. The van der Waals surface area contributed by atoms with E-state index in [2.05, 4.69) is 4.98 Å². The maximum Gasteiger partial charge on any atom is 0.179 e. The first-order chi connectivity index (χ1) is 7.58. The SMILES string of the molecule is Cc1ccc2cc(C(=O)C(C)N)ccc2n1. The third kappa shape index (κ3) is 1.95. The van der Waals surface area contributed by atoms with Gasteiger partial charge in [-0.1, -0.05) is 6.07 Å². The fourth-order valence-electron chi connectivity index (χ4n) is 1.64. The molecule has 2 N–H and O–H groups in total. The standard InChI is InChI=1S/C13H14N2O/c1-8-3-4-10-7-11(13(16)9(2)14)5-6-12(10)15-8/h3-7,9H,14H2,1-2H3. The molecule has 1 aromatic carbocycles. The Morgan fingerprint density at radius 1 is 1.31 bits per heavy atom. The maximum atomic E-state index is 11.7. The van der Waals surface area contributed by atoms with Crippen LogP contribution in [0.15, 0.2) is 30.3 Å². The second-order valence-corrected chi connectivity index (χ2v) is 4.01. The Labute approximate surface area is 94.3 Å². The fourth-order valence-corrected chi connectivity index (χ4v) is 1.64. The van der Waals surface area contributed by atoms with Gasteiger partial charge in [0.2, 0.25) is 0 Å². The number of nitrogens with two attached hydrogens (primary N) is 1. The Hall–Kier alpha value is -1.74. The Morgan fingerprint density at radius 2 is 2.06 bits per heavy atom. The van der Waals surface area contributed by atoms with E-state index in [1.807, 2.05) is 31.2 Å². The number of aryl methyl sites for hydroxylation is 1. The molecule has 0 aliphatic carbocycles. The van der Waals surface area contributed by atoms with E-state index in [1.54, 1.807) is 13.0 Å². The number of hydrogen-bond acceptors (Lipinski definition) is 3. The molecule has 16 heavy (non-hydrogen) atoms. The summed E-state index contributed by atoms with van der Waals surface area (Å²) in [5.41, 5.74) is 8.09. The van der Waals surface area contributed by atoms with Crippen LogP contribution in [0.1, 0.15) is 23.0 Å². The zero-order chi connectivity index (χ0) is 11.7. The molecule has 1 atom stereocenters. The van der Waals surface area contributed by atoms with Crippen molar-refractivity contribution in [2.45, 2.75) is 19.9 Å². The summed E-state index contributed by atoms with van der Waals surface area (Å²) in [5, 5.41) is 0.970. The van der Waals surface area contributed by atoms with Gasteiger partial charge in [-0.2, -0.15) is 0 Å². The number of benzene rings is 1. The van der Waals surface area contributed by atoms with Crippen LogP contribution in [0.3, 0.4) is 0 Å². The molecule has 0 aliphatic heterocycles. The van der Waals surface area contributed by atoms with Gasteiger partial charge in [0.1, 0.15) is 0 Å². The number of fused-ring (bicyclic) bond motifs is 1. The summed E-state index contributed by atoms with van der Waals surface area (Å²) in [6, 6.07) is 8.92. The zero-order valence-electron chi connectivity index (χ0n) is 9.40. The van der Waals surface area contributed by atoms with Crippen LogP contribution in [0.5, 0.6) is 0 Å². The molecule has 1 heterocycles. The monoisotopic (exact) mass is 214 g/mol. The summed E-state index contributed by atoms with van der Waals surface area (Å²) in [6.45, 7) is 3.64. The fraction of sp³-hybridized carbons (Fsp3) is 0.231. The van der Waals surface area contributed by atoms with Gasteiger partial charge in [-0.05, 0) is 38.1 Å². The van der Waals surface area contributed by atoms with Gasteiger partial charge in [0.25, 0.3) is 0 Å². The minimum atomic E-state index is -0.462. The van der Waals surface area contributed by atoms with Crippen LogP contribution in [0.25, 0.3) is 10.9 Å². The Morgan fingerprint density at radius 3 is 2.75 bits per heavy atom. The van der Waals surface area contributed by atoms with Gasteiger partial charge in [0.15, 0.2) is 5.78 Å². The molecular formula is C13H14N2O. The Bertz CT molecular complexity index is 547.